The van der Waals surface area contributed by atoms with Crippen LogP contribution in [0.5, 0.6) is 5.75 Å². The Kier molecular flexibility index (Phi) is 4.32. The third-order valence-corrected chi connectivity index (χ3v) is 2.95. The van der Waals surface area contributed by atoms with Crippen molar-refractivity contribution in [2.75, 3.05) is 23.5 Å². The molecule has 0 aliphatic carbocycles. The number of anilines is 3. The highest BCUT2D eigenvalue weighted by Gasteiger charge is 2.08. The van der Waals surface area contributed by atoms with Crippen LogP contribution in [-0.4, -0.2) is 13.1 Å². The zero-order valence-electron chi connectivity index (χ0n) is 10.8. The number of rotatable bonds is 3. The van der Waals surface area contributed by atoms with Gasteiger partial charge in [0.2, 0.25) is 0 Å². The average Bonchev–Trinajstić information content (AvgIpc) is 2.44. The molecule has 0 saturated heterocycles. The first-order chi connectivity index (χ1) is 9.60. The molecule has 5 nitrogen and oxygen atoms in total. The van der Waals surface area contributed by atoms with E-state index < -0.39 is 6.03 Å². The van der Waals surface area contributed by atoms with Crippen LogP contribution in [-0.2, 0) is 0 Å². The van der Waals surface area contributed by atoms with Crippen LogP contribution in [0, 0.1) is 0 Å². The lowest BCUT2D eigenvalue weighted by molar-refractivity contribution is 0.262. The van der Waals surface area contributed by atoms with E-state index in [0.717, 1.165) is 0 Å². The van der Waals surface area contributed by atoms with Gasteiger partial charge in [-0.3, -0.25) is 0 Å². The van der Waals surface area contributed by atoms with E-state index in [4.69, 9.17) is 22.1 Å². The van der Waals surface area contributed by atoms with E-state index in [2.05, 4.69) is 10.6 Å². The molecule has 0 radical (unpaired) electrons. The van der Waals surface area contributed by atoms with Crippen molar-refractivity contribution < 1.29 is 9.53 Å². The number of nitrogens with one attached hydrogen (secondary N) is 2. The molecule has 0 spiro atoms. The van der Waals surface area contributed by atoms with Gasteiger partial charge in [-0.1, -0.05) is 17.7 Å². The zero-order valence-corrected chi connectivity index (χ0v) is 11.6. The number of hydrogen-bond acceptors (Lipinski definition) is 3. The van der Waals surface area contributed by atoms with Crippen molar-refractivity contribution in [3.63, 3.8) is 0 Å². The van der Waals surface area contributed by atoms with Crippen LogP contribution in [0.1, 0.15) is 0 Å². The van der Waals surface area contributed by atoms with Crippen LogP contribution in [0.15, 0.2) is 42.5 Å². The van der Waals surface area contributed by atoms with Crippen LogP contribution in [0.2, 0.25) is 5.02 Å². The molecule has 6 heteroatoms. The van der Waals surface area contributed by atoms with E-state index in [1.165, 1.54) is 0 Å². The maximum atomic E-state index is 11.9. The number of carbonyl (C=O) groups is 1. The molecule has 20 heavy (non-hydrogen) atoms. The third kappa shape index (κ3) is 3.33. The number of carbonyl (C=O) groups excluding carboxylic acids is 1. The standard InChI is InChI=1S/C14H14ClN3O2/c1-20-10-7-5-9(6-8-10)17-14(19)18-13-11(15)3-2-4-12(13)16/h2-8H,16H2,1H3,(H2,17,18,19). The van der Waals surface area contributed by atoms with Crippen molar-refractivity contribution in [1.82, 2.24) is 0 Å². The van der Waals surface area contributed by atoms with Crippen LogP contribution >= 0.6 is 11.6 Å². The van der Waals surface area contributed by atoms with Crippen molar-refractivity contribution in [3.05, 3.63) is 47.5 Å². The van der Waals surface area contributed by atoms with Crippen molar-refractivity contribution in [3.8, 4) is 5.75 Å². The second-order valence-corrected chi connectivity index (χ2v) is 4.42. The van der Waals surface area contributed by atoms with Gasteiger partial charge in [0.15, 0.2) is 0 Å². The largest absolute Gasteiger partial charge is 0.497 e. The summed E-state index contributed by atoms with van der Waals surface area (Å²) < 4.78 is 5.04. The Morgan fingerprint density at radius 3 is 2.45 bits per heavy atom. The predicted octanol–water partition coefficient (Wildman–Crippen LogP) is 3.57. The van der Waals surface area contributed by atoms with Crippen molar-refractivity contribution in [2.45, 2.75) is 0 Å². The van der Waals surface area contributed by atoms with Gasteiger partial charge in [-0.25, -0.2) is 4.79 Å². The Balaban J connectivity index is 2.05. The minimum atomic E-state index is -0.421. The summed E-state index contributed by atoms with van der Waals surface area (Å²) in [5.74, 6) is 0.714. The van der Waals surface area contributed by atoms with E-state index in [1.807, 2.05) is 0 Å². The van der Waals surface area contributed by atoms with E-state index in [0.29, 0.717) is 27.8 Å². The van der Waals surface area contributed by atoms with Gasteiger partial charge < -0.3 is 21.1 Å². The van der Waals surface area contributed by atoms with E-state index in [1.54, 1.807) is 49.6 Å². The summed E-state index contributed by atoms with van der Waals surface area (Å²) in [6, 6.07) is 11.6. The van der Waals surface area contributed by atoms with Crippen LogP contribution < -0.4 is 21.1 Å². The van der Waals surface area contributed by atoms with Crippen LogP contribution in [0.4, 0.5) is 21.9 Å². The molecule has 2 aromatic carbocycles. The summed E-state index contributed by atoms with van der Waals surface area (Å²) in [7, 11) is 1.58. The molecule has 0 atom stereocenters. The molecule has 2 aromatic rings. The number of methoxy groups -OCH3 is 1. The number of halogens is 1. The SMILES string of the molecule is COc1ccc(NC(=O)Nc2c(N)cccc2Cl)cc1. The minimum Gasteiger partial charge on any atom is -0.497 e. The molecular weight excluding hydrogens is 278 g/mol. The molecule has 2 rings (SSSR count). The quantitative estimate of drug-likeness (QED) is 0.757. The second kappa shape index (κ2) is 6.16. The first-order valence-corrected chi connectivity index (χ1v) is 6.24. The molecule has 104 valence electrons. The predicted molar refractivity (Wildman–Crippen MR) is 81.5 cm³/mol. The number of urea groups is 1. The molecule has 4 N–H and O–H groups in total. The van der Waals surface area contributed by atoms with Gasteiger partial charge >= 0.3 is 6.03 Å². The van der Waals surface area contributed by atoms with E-state index in [9.17, 15) is 4.79 Å². The molecule has 0 aliphatic heterocycles. The molecule has 2 amide bonds. The van der Waals surface area contributed by atoms with Crippen LogP contribution in [0.25, 0.3) is 0 Å². The second-order valence-electron chi connectivity index (χ2n) is 4.01. The number of ether oxygens (including phenoxy) is 1. The van der Waals surface area contributed by atoms with Gasteiger partial charge in [0.25, 0.3) is 0 Å². The fourth-order valence-electron chi connectivity index (χ4n) is 1.62. The summed E-state index contributed by atoms with van der Waals surface area (Å²) in [6.07, 6.45) is 0. The Hall–Kier alpha value is -2.40. The summed E-state index contributed by atoms with van der Waals surface area (Å²) in [5.41, 5.74) is 7.18. The molecular formula is C14H14ClN3O2. The fraction of sp³-hybridized carbons (Fsp3) is 0.0714. The maximum Gasteiger partial charge on any atom is 0.323 e. The Morgan fingerprint density at radius 1 is 1.15 bits per heavy atom. The number of benzene rings is 2. The van der Waals surface area contributed by atoms with Gasteiger partial charge in [-0.05, 0) is 36.4 Å². The molecule has 0 aromatic heterocycles. The van der Waals surface area contributed by atoms with Crippen molar-refractivity contribution in [2.24, 2.45) is 0 Å². The lowest BCUT2D eigenvalue weighted by Crippen LogP contribution is -2.20. The first kappa shape index (κ1) is 14.0. The van der Waals surface area contributed by atoms with Crippen LogP contribution in [0.3, 0.4) is 0 Å². The lowest BCUT2D eigenvalue weighted by atomic mass is 10.2. The molecule has 0 bridgehead atoms. The van der Waals surface area contributed by atoms with Crippen molar-refractivity contribution >= 4 is 34.7 Å². The molecule has 0 fully saturated rings. The highest BCUT2D eigenvalue weighted by atomic mass is 35.5. The maximum absolute atomic E-state index is 11.9. The fourth-order valence-corrected chi connectivity index (χ4v) is 1.85. The number of hydrogen-bond donors (Lipinski definition) is 3. The summed E-state index contributed by atoms with van der Waals surface area (Å²) >= 11 is 5.98. The van der Waals surface area contributed by atoms with E-state index >= 15 is 0 Å². The number of nitrogens with two attached hydrogens (primary N) is 1. The number of nitrogen functional groups attached to an aromatic ring is 1. The van der Waals surface area contributed by atoms with Gasteiger partial charge in [-0.2, -0.15) is 0 Å². The molecule has 0 heterocycles. The van der Waals surface area contributed by atoms with Gasteiger partial charge in [0, 0.05) is 5.69 Å². The highest BCUT2D eigenvalue weighted by molar-refractivity contribution is 6.34. The van der Waals surface area contributed by atoms with E-state index in [-0.39, 0.29) is 0 Å². The summed E-state index contributed by atoms with van der Waals surface area (Å²) in [5, 5.41) is 5.68. The van der Waals surface area contributed by atoms with Gasteiger partial charge in [0.05, 0.1) is 23.5 Å². The molecule has 0 unspecified atom stereocenters. The number of amides is 2. The Bertz CT molecular complexity index is 594. The zero-order chi connectivity index (χ0) is 14.5. The summed E-state index contributed by atoms with van der Waals surface area (Å²) in [6.45, 7) is 0. The minimum absolute atomic E-state index is 0.384. The molecule has 0 saturated carbocycles. The normalized spacial score (nSPS) is 9.90. The topological polar surface area (TPSA) is 76.4 Å². The summed E-state index contributed by atoms with van der Waals surface area (Å²) in [4.78, 5) is 11.9. The Labute approximate surface area is 121 Å². The van der Waals surface area contributed by atoms with Gasteiger partial charge in [0.1, 0.15) is 5.75 Å². The Morgan fingerprint density at radius 2 is 1.85 bits per heavy atom. The smallest absolute Gasteiger partial charge is 0.323 e. The monoisotopic (exact) mass is 291 g/mol. The van der Waals surface area contributed by atoms with Gasteiger partial charge in [-0.15, -0.1) is 0 Å². The first-order valence-electron chi connectivity index (χ1n) is 5.86. The van der Waals surface area contributed by atoms with Crippen molar-refractivity contribution in [1.29, 1.82) is 0 Å². The lowest BCUT2D eigenvalue weighted by Gasteiger charge is -2.11. The highest BCUT2D eigenvalue weighted by Crippen LogP contribution is 2.27. The molecule has 0 aliphatic rings. The average molecular weight is 292 g/mol. The number of para-hydroxylation sites is 1. The third-order valence-electron chi connectivity index (χ3n) is 2.63.